The molecule has 0 N–H and O–H groups in total. The molecule has 1 saturated heterocycles. The van der Waals surface area contributed by atoms with Crippen molar-refractivity contribution in [1.29, 1.82) is 0 Å². The summed E-state index contributed by atoms with van der Waals surface area (Å²) in [4.78, 5) is 11.9. The Kier molecular flexibility index (Phi) is 5.88. The minimum absolute atomic E-state index is 0.0611. The summed E-state index contributed by atoms with van der Waals surface area (Å²) in [6.07, 6.45) is 2.74. The molecule has 160 valence electrons. The topological polar surface area (TPSA) is 63.7 Å². The van der Waals surface area contributed by atoms with Gasteiger partial charge in [0.15, 0.2) is 0 Å². The van der Waals surface area contributed by atoms with Gasteiger partial charge >= 0.3 is 5.97 Å². The Labute approximate surface area is 174 Å². The minimum Gasteiger partial charge on any atom is -0.462 e. The summed E-state index contributed by atoms with van der Waals surface area (Å²) in [5, 5.41) is 0. The molecule has 0 saturated carbocycles. The Morgan fingerprint density at radius 1 is 1.00 bits per heavy atom. The molecule has 4 rings (SSSR count). The third-order valence-corrected chi connectivity index (χ3v) is 7.80. The minimum atomic E-state index is -4.16. The lowest BCUT2D eigenvalue weighted by Crippen LogP contribution is -2.41. The summed E-state index contributed by atoms with van der Waals surface area (Å²) in [6.45, 7) is 0.122. The summed E-state index contributed by atoms with van der Waals surface area (Å²) in [5.41, 5.74) is 2.48. The molecule has 0 radical (unpaired) electrons. The molecule has 1 atom stereocenters. The first-order valence-corrected chi connectivity index (χ1v) is 11.5. The highest BCUT2D eigenvalue weighted by Crippen LogP contribution is 2.28. The second-order valence-corrected chi connectivity index (χ2v) is 9.73. The zero-order valence-corrected chi connectivity index (χ0v) is 17.2. The van der Waals surface area contributed by atoms with Gasteiger partial charge in [-0.2, -0.15) is 4.31 Å². The lowest BCUT2D eigenvalue weighted by molar-refractivity contribution is -0.155. The van der Waals surface area contributed by atoms with Gasteiger partial charge in [0, 0.05) is 19.5 Å². The highest BCUT2D eigenvalue weighted by Gasteiger charge is 2.35. The maximum absolute atomic E-state index is 13.9. The molecular weight excluding hydrogens is 412 g/mol. The van der Waals surface area contributed by atoms with E-state index in [0.29, 0.717) is 12.5 Å². The van der Waals surface area contributed by atoms with E-state index in [1.54, 1.807) is 0 Å². The lowest BCUT2D eigenvalue weighted by atomic mass is 9.89. The fourth-order valence-corrected chi connectivity index (χ4v) is 5.72. The molecular formula is C22H23F2NO4S. The van der Waals surface area contributed by atoms with Crippen molar-refractivity contribution in [1.82, 2.24) is 4.31 Å². The third-order valence-electron chi connectivity index (χ3n) is 5.88. The Hall–Kier alpha value is -2.32. The number of benzene rings is 2. The van der Waals surface area contributed by atoms with Crippen molar-refractivity contribution in [3.05, 3.63) is 65.2 Å². The Morgan fingerprint density at radius 2 is 1.70 bits per heavy atom. The summed E-state index contributed by atoms with van der Waals surface area (Å²) < 4.78 is 59.5. The molecule has 1 aliphatic carbocycles. The second kappa shape index (κ2) is 8.43. The maximum Gasteiger partial charge on any atom is 0.309 e. The van der Waals surface area contributed by atoms with E-state index in [-0.39, 0.29) is 38.0 Å². The van der Waals surface area contributed by atoms with Crippen LogP contribution in [-0.2, 0) is 32.4 Å². The lowest BCUT2D eigenvalue weighted by Gasteiger charge is -2.32. The van der Waals surface area contributed by atoms with Gasteiger partial charge in [0.05, 0.1) is 5.92 Å². The van der Waals surface area contributed by atoms with Gasteiger partial charge in [-0.1, -0.05) is 24.3 Å². The predicted octanol–water partition coefficient (Wildman–Crippen LogP) is 3.47. The van der Waals surface area contributed by atoms with Crippen LogP contribution in [0.25, 0.3) is 0 Å². The molecule has 5 nitrogen and oxygen atoms in total. The molecule has 0 amide bonds. The Bertz CT molecular complexity index is 1050. The molecule has 1 heterocycles. The van der Waals surface area contributed by atoms with E-state index in [2.05, 4.69) is 6.07 Å². The molecule has 2 aromatic rings. The largest absolute Gasteiger partial charge is 0.462 e. The summed E-state index contributed by atoms with van der Waals surface area (Å²) >= 11 is 0. The molecule has 8 heteroatoms. The van der Waals surface area contributed by atoms with Crippen molar-refractivity contribution >= 4 is 16.0 Å². The number of carbonyl (C=O) groups excluding carboxylic acids is 1. The highest BCUT2D eigenvalue weighted by atomic mass is 32.2. The van der Waals surface area contributed by atoms with Gasteiger partial charge in [-0.3, -0.25) is 4.79 Å². The van der Waals surface area contributed by atoms with Crippen molar-refractivity contribution < 1.29 is 26.7 Å². The molecule has 1 fully saturated rings. The number of aryl methyl sites for hydroxylation is 1. The van der Waals surface area contributed by atoms with E-state index < -0.39 is 32.5 Å². The van der Waals surface area contributed by atoms with Crippen LogP contribution in [0.3, 0.4) is 0 Å². The molecule has 0 spiro atoms. The van der Waals surface area contributed by atoms with Crippen molar-refractivity contribution in [2.45, 2.75) is 43.1 Å². The molecule has 2 aromatic carbocycles. The van der Waals surface area contributed by atoms with E-state index in [9.17, 15) is 22.0 Å². The highest BCUT2D eigenvalue weighted by molar-refractivity contribution is 7.89. The third kappa shape index (κ3) is 4.25. The van der Waals surface area contributed by atoms with E-state index >= 15 is 0 Å². The average molecular weight is 435 g/mol. The molecule has 0 aromatic heterocycles. The number of halogens is 2. The van der Waals surface area contributed by atoms with Crippen LogP contribution in [0.5, 0.6) is 0 Å². The zero-order valence-electron chi connectivity index (χ0n) is 16.4. The quantitative estimate of drug-likeness (QED) is 0.690. The van der Waals surface area contributed by atoms with Crippen LogP contribution in [0.2, 0.25) is 0 Å². The first kappa shape index (κ1) is 20.9. The van der Waals surface area contributed by atoms with E-state index in [1.807, 2.05) is 18.2 Å². The number of esters is 1. The molecule has 1 unspecified atom stereocenters. The first-order chi connectivity index (χ1) is 14.3. The number of rotatable bonds is 4. The van der Waals surface area contributed by atoms with Gasteiger partial charge in [0.1, 0.15) is 22.6 Å². The number of hydrogen-bond acceptors (Lipinski definition) is 4. The predicted molar refractivity (Wildman–Crippen MR) is 106 cm³/mol. The fourth-order valence-electron chi connectivity index (χ4n) is 4.17. The van der Waals surface area contributed by atoms with Crippen LogP contribution in [0.4, 0.5) is 8.78 Å². The SMILES string of the molecule is O=C(OC1CCc2ccccc2C1)C1CCN(S(=O)(=O)c2cc(F)ccc2F)CC1. The fraction of sp³-hybridized carbons (Fsp3) is 0.409. The van der Waals surface area contributed by atoms with Gasteiger partial charge < -0.3 is 4.74 Å². The summed E-state index contributed by atoms with van der Waals surface area (Å²) in [6, 6.07) is 10.5. The molecule has 0 bridgehead atoms. The maximum atomic E-state index is 13.9. The average Bonchev–Trinajstić information content (AvgIpc) is 2.75. The standard InChI is InChI=1S/C22H23F2NO4S/c23-18-6-8-20(24)21(14-18)30(27,28)25-11-9-16(10-12-25)22(26)29-19-7-5-15-3-1-2-4-17(15)13-19/h1-4,6,8,14,16,19H,5,7,9-13H2. The monoisotopic (exact) mass is 435 g/mol. The van der Waals surface area contributed by atoms with Crippen LogP contribution in [0.1, 0.15) is 30.4 Å². The van der Waals surface area contributed by atoms with Crippen LogP contribution in [0, 0.1) is 17.6 Å². The van der Waals surface area contributed by atoms with Gasteiger partial charge in [-0.15, -0.1) is 0 Å². The number of piperidine rings is 1. The Morgan fingerprint density at radius 3 is 2.43 bits per heavy atom. The van der Waals surface area contributed by atoms with Gasteiger partial charge in [0.2, 0.25) is 10.0 Å². The van der Waals surface area contributed by atoms with E-state index in [4.69, 9.17) is 4.74 Å². The van der Waals surface area contributed by atoms with Crippen LogP contribution in [-0.4, -0.2) is 37.9 Å². The number of sulfonamides is 1. The normalized spacial score (nSPS) is 20.5. The van der Waals surface area contributed by atoms with Crippen molar-refractivity contribution in [2.75, 3.05) is 13.1 Å². The van der Waals surface area contributed by atoms with Crippen LogP contribution in [0.15, 0.2) is 47.4 Å². The summed E-state index contributed by atoms with van der Waals surface area (Å²) in [5.74, 6) is -2.52. The zero-order chi connectivity index (χ0) is 21.3. The number of hydrogen-bond donors (Lipinski definition) is 0. The van der Waals surface area contributed by atoms with Crippen LogP contribution < -0.4 is 0 Å². The van der Waals surface area contributed by atoms with E-state index in [1.165, 1.54) is 11.1 Å². The summed E-state index contributed by atoms with van der Waals surface area (Å²) in [7, 11) is -4.16. The molecule has 30 heavy (non-hydrogen) atoms. The van der Waals surface area contributed by atoms with Gasteiger partial charge in [-0.25, -0.2) is 17.2 Å². The smallest absolute Gasteiger partial charge is 0.309 e. The van der Waals surface area contributed by atoms with Crippen LogP contribution >= 0.6 is 0 Å². The van der Waals surface area contributed by atoms with Gasteiger partial charge in [-0.05, 0) is 55.0 Å². The number of carbonyl (C=O) groups is 1. The van der Waals surface area contributed by atoms with Crippen molar-refractivity contribution in [3.63, 3.8) is 0 Å². The van der Waals surface area contributed by atoms with E-state index in [0.717, 1.165) is 29.3 Å². The Balaban J connectivity index is 1.35. The van der Waals surface area contributed by atoms with Crippen molar-refractivity contribution in [2.24, 2.45) is 5.92 Å². The number of ether oxygens (including phenoxy) is 1. The second-order valence-electron chi connectivity index (χ2n) is 7.82. The first-order valence-electron chi connectivity index (χ1n) is 10.1. The van der Waals surface area contributed by atoms with Crippen molar-refractivity contribution in [3.8, 4) is 0 Å². The molecule has 1 aliphatic heterocycles. The number of fused-ring (bicyclic) bond motifs is 1. The number of nitrogens with zero attached hydrogens (tertiary/aromatic N) is 1. The molecule has 2 aliphatic rings. The van der Waals surface area contributed by atoms with Gasteiger partial charge in [0.25, 0.3) is 0 Å².